The van der Waals surface area contributed by atoms with E-state index in [1.54, 1.807) is 30.3 Å². The predicted molar refractivity (Wildman–Crippen MR) is 116 cm³/mol. The van der Waals surface area contributed by atoms with E-state index in [-0.39, 0.29) is 16.9 Å². The van der Waals surface area contributed by atoms with Crippen LogP contribution in [0, 0.1) is 0 Å². The number of aromatic nitrogens is 3. The molecule has 0 aliphatic carbocycles. The van der Waals surface area contributed by atoms with Gasteiger partial charge in [0, 0.05) is 23.4 Å². The molecular formula is C22H22N4O2S. The molecule has 0 aliphatic heterocycles. The summed E-state index contributed by atoms with van der Waals surface area (Å²) in [7, 11) is 0. The van der Waals surface area contributed by atoms with Crippen LogP contribution in [0.3, 0.4) is 0 Å². The van der Waals surface area contributed by atoms with Crippen LogP contribution in [0.1, 0.15) is 24.2 Å². The van der Waals surface area contributed by atoms with Gasteiger partial charge in [-0.15, -0.1) is 16.8 Å². The van der Waals surface area contributed by atoms with Crippen molar-refractivity contribution in [3.8, 4) is 11.4 Å². The Bertz CT molecular complexity index is 1010. The largest absolute Gasteiger partial charge is 0.325 e. The van der Waals surface area contributed by atoms with Crippen LogP contribution in [-0.4, -0.2) is 31.7 Å². The van der Waals surface area contributed by atoms with Gasteiger partial charge in [0.25, 0.3) is 0 Å². The zero-order valence-corrected chi connectivity index (χ0v) is 17.1. The van der Waals surface area contributed by atoms with Crippen molar-refractivity contribution in [2.24, 2.45) is 0 Å². The van der Waals surface area contributed by atoms with E-state index in [0.717, 1.165) is 11.4 Å². The summed E-state index contributed by atoms with van der Waals surface area (Å²) in [5, 5.41) is 11.7. The number of anilines is 1. The van der Waals surface area contributed by atoms with Crippen molar-refractivity contribution in [1.82, 2.24) is 14.8 Å². The minimum atomic E-state index is -0.390. The summed E-state index contributed by atoms with van der Waals surface area (Å²) in [6, 6.07) is 16.6. The Labute approximate surface area is 174 Å². The van der Waals surface area contributed by atoms with Crippen molar-refractivity contribution in [1.29, 1.82) is 0 Å². The van der Waals surface area contributed by atoms with E-state index < -0.39 is 0 Å². The van der Waals surface area contributed by atoms with Gasteiger partial charge in [0.1, 0.15) is 0 Å². The number of hydrogen-bond acceptors (Lipinski definition) is 5. The first-order chi connectivity index (χ1) is 14.0. The maximum atomic E-state index is 12.6. The van der Waals surface area contributed by atoms with Gasteiger partial charge in [-0.25, -0.2) is 0 Å². The first kappa shape index (κ1) is 20.5. The number of Topliss-reactive ketones (excluding diaryl/α,β-unsaturated/α-hetero) is 1. The van der Waals surface area contributed by atoms with Crippen molar-refractivity contribution in [2.45, 2.75) is 30.8 Å². The molecule has 2 aromatic carbocycles. The van der Waals surface area contributed by atoms with Crippen LogP contribution in [0.25, 0.3) is 11.4 Å². The molecule has 3 aromatic rings. The van der Waals surface area contributed by atoms with Crippen LogP contribution < -0.4 is 5.32 Å². The molecule has 0 saturated carbocycles. The first-order valence-corrected chi connectivity index (χ1v) is 10.1. The van der Waals surface area contributed by atoms with Crippen molar-refractivity contribution < 1.29 is 9.59 Å². The molecule has 148 valence electrons. The quantitative estimate of drug-likeness (QED) is 0.340. The van der Waals surface area contributed by atoms with Gasteiger partial charge >= 0.3 is 0 Å². The summed E-state index contributed by atoms with van der Waals surface area (Å²) in [5.74, 6) is 0.572. The topological polar surface area (TPSA) is 76.9 Å². The van der Waals surface area contributed by atoms with E-state index in [9.17, 15) is 9.59 Å². The summed E-state index contributed by atoms with van der Waals surface area (Å²) < 4.78 is 1.94. The van der Waals surface area contributed by atoms with Crippen molar-refractivity contribution in [3.63, 3.8) is 0 Å². The summed E-state index contributed by atoms with van der Waals surface area (Å²) in [5.41, 5.74) is 2.21. The number of rotatable bonds is 8. The van der Waals surface area contributed by atoms with E-state index >= 15 is 0 Å². The molecule has 1 heterocycles. The third-order valence-electron chi connectivity index (χ3n) is 4.27. The monoisotopic (exact) mass is 406 g/mol. The lowest BCUT2D eigenvalue weighted by atomic mass is 10.1. The Kier molecular flexibility index (Phi) is 6.61. The van der Waals surface area contributed by atoms with Gasteiger partial charge in [-0.3, -0.25) is 14.2 Å². The van der Waals surface area contributed by atoms with Gasteiger partial charge in [0.05, 0.1) is 5.25 Å². The van der Waals surface area contributed by atoms with Crippen molar-refractivity contribution >= 4 is 29.1 Å². The van der Waals surface area contributed by atoms with Crippen molar-refractivity contribution in [3.05, 3.63) is 72.8 Å². The highest BCUT2D eigenvalue weighted by Gasteiger charge is 2.20. The van der Waals surface area contributed by atoms with Crippen LogP contribution >= 0.6 is 11.8 Å². The number of carbonyl (C=O) groups is 2. The summed E-state index contributed by atoms with van der Waals surface area (Å²) in [6.07, 6.45) is 1.78. The second-order valence-electron chi connectivity index (χ2n) is 6.45. The highest BCUT2D eigenvalue weighted by Crippen LogP contribution is 2.27. The minimum Gasteiger partial charge on any atom is -0.325 e. The number of allylic oxidation sites excluding steroid dienone is 1. The Morgan fingerprint density at radius 1 is 1.14 bits per heavy atom. The molecule has 0 bridgehead atoms. The molecule has 7 heteroatoms. The van der Waals surface area contributed by atoms with E-state index in [1.807, 2.05) is 41.8 Å². The fraction of sp³-hybridized carbons (Fsp3) is 0.182. The third kappa shape index (κ3) is 5.00. The van der Waals surface area contributed by atoms with E-state index in [1.165, 1.54) is 18.7 Å². The summed E-state index contributed by atoms with van der Waals surface area (Å²) in [6.45, 7) is 7.68. The Morgan fingerprint density at radius 2 is 1.83 bits per heavy atom. The fourth-order valence-corrected chi connectivity index (χ4v) is 3.57. The lowest BCUT2D eigenvalue weighted by Crippen LogP contribution is -2.23. The highest BCUT2D eigenvalue weighted by atomic mass is 32.2. The molecule has 0 aliphatic rings. The number of hydrogen-bond donors (Lipinski definition) is 1. The Hall–Kier alpha value is -3.19. The molecule has 0 fully saturated rings. The number of nitrogens with zero attached hydrogens (tertiary/aromatic N) is 3. The smallest absolute Gasteiger partial charge is 0.237 e. The zero-order chi connectivity index (χ0) is 20.8. The lowest BCUT2D eigenvalue weighted by Gasteiger charge is -2.13. The van der Waals surface area contributed by atoms with Crippen LogP contribution in [0.2, 0.25) is 0 Å². The number of amides is 1. The van der Waals surface area contributed by atoms with Gasteiger partial charge in [0.2, 0.25) is 5.91 Å². The molecule has 1 amide bonds. The van der Waals surface area contributed by atoms with E-state index in [2.05, 4.69) is 22.1 Å². The molecular weight excluding hydrogens is 384 g/mol. The van der Waals surface area contributed by atoms with Crippen LogP contribution in [0.15, 0.2) is 72.4 Å². The SMILES string of the molecule is C=CCn1c(SC(C)C(=O)Nc2ccc(C(C)=O)cc2)nnc1-c1ccccc1. The van der Waals surface area contributed by atoms with E-state index in [4.69, 9.17) is 0 Å². The average Bonchev–Trinajstić information content (AvgIpc) is 3.11. The molecule has 0 radical (unpaired) electrons. The van der Waals surface area contributed by atoms with Gasteiger partial charge in [0.15, 0.2) is 16.8 Å². The van der Waals surface area contributed by atoms with Crippen LogP contribution in [0.5, 0.6) is 0 Å². The number of benzene rings is 2. The van der Waals surface area contributed by atoms with E-state index in [0.29, 0.717) is 23.0 Å². The normalized spacial score (nSPS) is 11.7. The summed E-state index contributed by atoms with van der Waals surface area (Å²) >= 11 is 1.34. The third-order valence-corrected chi connectivity index (χ3v) is 5.35. The maximum absolute atomic E-state index is 12.6. The minimum absolute atomic E-state index is 0.0115. The molecule has 3 rings (SSSR count). The van der Waals surface area contributed by atoms with Crippen LogP contribution in [-0.2, 0) is 11.3 Å². The lowest BCUT2D eigenvalue weighted by molar-refractivity contribution is -0.115. The highest BCUT2D eigenvalue weighted by molar-refractivity contribution is 8.00. The van der Waals surface area contributed by atoms with Gasteiger partial charge in [-0.1, -0.05) is 48.2 Å². The average molecular weight is 407 g/mol. The Balaban J connectivity index is 1.73. The Morgan fingerprint density at radius 3 is 2.45 bits per heavy atom. The molecule has 1 unspecified atom stereocenters. The molecule has 6 nitrogen and oxygen atoms in total. The van der Waals surface area contributed by atoms with Gasteiger partial charge in [-0.05, 0) is 38.1 Å². The first-order valence-electron chi connectivity index (χ1n) is 9.17. The van der Waals surface area contributed by atoms with Crippen molar-refractivity contribution in [2.75, 3.05) is 5.32 Å². The van der Waals surface area contributed by atoms with Gasteiger partial charge < -0.3 is 5.32 Å². The molecule has 0 spiro atoms. The predicted octanol–water partition coefficient (Wildman–Crippen LogP) is 4.45. The number of ketones is 1. The second kappa shape index (κ2) is 9.34. The standard InChI is InChI=1S/C22H22N4O2S/c1-4-14-26-20(18-8-6-5-7-9-18)24-25-22(26)29-16(3)21(28)23-19-12-10-17(11-13-19)15(2)27/h4-13,16H,1,14H2,2-3H3,(H,23,28). The second-order valence-corrected chi connectivity index (χ2v) is 7.76. The molecule has 1 N–H and O–H groups in total. The number of nitrogens with one attached hydrogen (secondary N) is 1. The fourth-order valence-electron chi connectivity index (χ4n) is 2.71. The molecule has 0 saturated heterocycles. The summed E-state index contributed by atoms with van der Waals surface area (Å²) in [4.78, 5) is 24.0. The maximum Gasteiger partial charge on any atom is 0.237 e. The molecule has 1 atom stereocenters. The zero-order valence-electron chi connectivity index (χ0n) is 16.3. The number of carbonyl (C=O) groups excluding carboxylic acids is 2. The number of thioether (sulfide) groups is 1. The van der Waals surface area contributed by atoms with Crippen LogP contribution in [0.4, 0.5) is 5.69 Å². The van der Waals surface area contributed by atoms with Gasteiger partial charge in [-0.2, -0.15) is 0 Å². The molecule has 29 heavy (non-hydrogen) atoms. The molecule has 1 aromatic heterocycles.